The first-order chi connectivity index (χ1) is 10.9. The van der Waals surface area contributed by atoms with E-state index in [1.807, 2.05) is 0 Å². The van der Waals surface area contributed by atoms with E-state index in [0.29, 0.717) is 0 Å². The van der Waals surface area contributed by atoms with Crippen LogP contribution in [0.25, 0.3) is 0 Å². The number of hydrogen-bond acceptors (Lipinski definition) is 5. The topological polar surface area (TPSA) is 105 Å². The van der Waals surface area contributed by atoms with Gasteiger partial charge in [0.05, 0.1) is 18.0 Å². The van der Waals surface area contributed by atoms with Crippen LogP contribution in [-0.2, 0) is 24.3 Å². The molecule has 1 aromatic rings. The predicted octanol–water partition coefficient (Wildman–Crippen LogP) is -0.342. The minimum absolute atomic E-state index is 0.109. The van der Waals surface area contributed by atoms with Crippen LogP contribution in [0.4, 0.5) is 0 Å². The number of carbonyl (C=O) groups excluding carboxylic acids is 2. The number of carbonyl (C=O) groups is 2. The molecule has 126 valence electrons. The van der Waals surface area contributed by atoms with Crippen molar-refractivity contribution in [2.24, 2.45) is 0 Å². The first kappa shape index (κ1) is 17.9. The lowest BCUT2D eigenvalue weighted by Crippen LogP contribution is -2.46. The molecule has 1 saturated heterocycles. The number of hydrogen-bond donors (Lipinski definition) is 2. The number of benzene rings is 1. The third-order valence-corrected chi connectivity index (χ3v) is 5.67. The molecule has 1 aliphatic heterocycles. The smallest absolute Gasteiger partial charge is 0.309 e. The molecule has 1 atom stereocenters. The third kappa shape index (κ3) is 4.08. The Hall–Kier alpha value is -1.49. The van der Waals surface area contributed by atoms with Crippen molar-refractivity contribution in [1.29, 1.82) is 0 Å². The van der Waals surface area contributed by atoms with Crippen molar-refractivity contribution in [2.45, 2.75) is 11.1 Å². The van der Waals surface area contributed by atoms with Crippen LogP contribution in [0.15, 0.2) is 33.6 Å². The molecule has 0 aliphatic carbocycles. The summed E-state index contributed by atoms with van der Waals surface area (Å²) >= 11 is 3.25. The third-order valence-electron chi connectivity index (χ3n) is 3.23. The minimum Gasteiger partial charge on any atom is -0.359 e. The van der Waals surface area contributed by atoms with E-state index < -0.39 is 28.1 Å². The van der Waals surface area contributed by atoms with E-state index in [1.54, 1.807) is 12.1 Å². The van der Waals surface area contributed by atoms with Crippen LogP contribution in [0.1, 0.15) is 0 Å². The number of amides is 2. The van der Waals surface area contributed by atoms with Gasteiger partial charge in [-0.15, -0.1) is 0 Å². The molecule has 0 saturated carbocycles. The quantitative estimate of drug-likeness (QED) is 0.666. The van der Waals surface area contributed by atoms with Crippen molar-refractivity contribution >= 4 is 37.8 Å². The molecule has 1 aliphatic rings. The van der Waals surface area contributed by atoms with Crippen molar-refractivity contribution in [1.82, 2.24) is 14.9 Å². The van der Waals surface area contributed by atoms with E-state index >= 15 is 0 Å². The monoisotopic (exact) mass is 405 g/mol. The molecule has 23 heavy (non-hydrogen) atoms. The van der Waals surface area contributed by atoms with Crippen LogP contribution in [0.3, 0.4) is 0 Å². The van der Waals surface area contributed by atoms with Crippen LogP contribution in [0.5, 0.6) is 0 Å². The molecule has 0 aromatic heterocycles. The van der Waals surface area contributed by atoms with Gasteiger partial charge in [0.25, 0.3) is 0 Å². The van der Waals surface area contributed by atoms with Gasteiger partial charge in [-0.25, -0.2) is 8.42 Å². The number of halogens is 1. The van der Waals surface area contributed by atoms with Gasteiger partial charge in [0.1, 0.15) is 6.23 Å². The highest BCUT2D eigenvalue weighted by molar-refractivity contribution is 9.10. The molecule has 2 N–H and O–H groups in total. The summed E-state index contributed by atoms with van der Waals surface area (Å²) in [6, 6.07) is 6.23. The average Bonchev–Trinajstić information content (AvgIpc) is 3.01. The van der Waals surface area contributed by atoms with E-state index in [-0.39, 0.29) is 24.6 Å². The van der Waals surface area contributed by atoms with Gasteiger partial charge in [0.15, 0.2) is 0 Å². The second-order valence-electron chi connectivity index (χ2n) is 4.68. The molecule has 1 fully saturated rings. The number of ether oxygens (including phenoxy) is 1. The van der Waals surface area contributed by atoms with Crippen LogP contribution in [-0.4, -0.2) is 57.5 Å². The van der Waals surface area contributed by atoms with Crippen molar-refractivity contribution < 1.29 is 22.7 Å². The standard InChI is InChI=1S/C13H16BrN3O5S/c1-15-12(18)13(19)16-8-11-17(6-7-22-11)23(20,21)10-4-2-9(14)3-5-10/h2-5,11H,6-8H2,1H3,(H,15,18)(H,16,19)/t11-/m1/s1. The second kappa shape index (κ2) is 7.39. The SMILES string of the molecule is CNC(=O)C(=O)NC[C@H]1OCCN1S(=O)(=O)c1ccc(Br)cc1. The van der Waals surface area contributed by atoms with Gasteiger partial charge in [-0.1, -0.05) is 15.9 Å². The van der Waals surface area contributed by atoms with E-state index in [2.05, 4.69) is 26.6 Å². The summed E-state index contributed by atoms with van der Waals surface area (Å²) in [6.07, 6.45) is -0.850. The first-order valence-electron chi connectivity index (χ1n) is 6.75. The number of sulfonamides is 1. The Bertz CT molecular complexity index is 692. The van der Waals surface area contributed by atoms with E-state index in [0.717, 1.165) is 4.47 Å². The normalized spacial score (nSPS) is 18.6. The molecule has 8 nitrogen and oxygen atoms in total. The van der Waals surface area contributed by atoms with Gasteiger partial charge in [0.2, 0.25) is 10.0 Å². The summed E-state index contributed by atoms with van der Waals surface area (Å²) in [4.78, 5) is 22.7. The molecule has 1 aromatic carbocycles. The fraction of sp³-hybridized carbons (Fsp3) is 0.385. The Morgan fingerprint density at radius 3 is 2.57 bits per heavy atom. The van der Waals surface area contributed by atoms with Crippen molar-refractivity contribution in [3.05, 3.63) is 28.7 Å². The molecule has 0 bridgehead atoms. The average molecular weight is 406 g/mol. The van der Waals surface area contributed by atoms with Crippen LogP contribution in [0, 0.1) is 0 Å². The maximum atomic E-state index is 12.6. The summed E-state index contributed by atoms with van der Waals surface area (Å²) < 4.78 is 32.5. The summed E-state index contributed by atoms with van der Waals surface area (Å²) in [5.41, 5.74) is 0. The number of likely N-dealkylation sites (N-methyl/N-ethyl adjacent to an activating group) is 1. The summed E-state index contributed by atoms with van der Waals surface area (Å²) in [7, 11) is -2.41. The Kier molecular flexibility index (Phi) is 5.74. The molecular formula is C13H16BrN3O5S. The second-order valence-corrected chi connectivity index (χ2v) is 7.49. The molecule has 0 unspecified atom stereocenters. The molecule has 0 spiro atoms. The van der Waals surface area contributed by atoms with Crippen molar-refractivity contribution in [2.75, 3.05) is 26.7 Å². The van der Waals surface area contributed by atoms with Gasteiger partial charge in [-0.2, -0.15) is 4.31 Å². The highest BCUT2D eigenvalue weighted by atomic mass is 79.9. The lowest BCUT2D eigenvalue weighted by atomic mass is 10.4. The van der Waals surface area contributed by atoms with Gasteiger partial charge < -0.3 is 15.4 Å². The van der Waals surface area contributed by atoms with Crippen molar-refractivity contribution in [3.63, 3.8) is 0 Å². The van der Waals surface area contributed by atoms with E-state index in [1.165, 1.54) is 23.5 Å². The minimum atomic E-state index is -3.74. The number of nitrogens with zero attached hydrogens (tertiary/aromatic N) is 1. The summed E-state index contributed by atoms with van der Waals surface area (Å²) in [6.45, 7) is 0.289. The Morgan fingerprint density at radius 2 is 1.96 bits per heavy atom. The molecule has 1 heterocycles. The van der Waals surface area contributed by atoms with Crippen molar-refractivity contribution in [3.8, 4) is 0 Å². The largest absolute Gasteiger partial charge is 0.359 e. The highest BCUT2D eigenvalue weighted by Gasteiger charge is 2.36. The molecule has 2 amide bonds. The first-order valence-corrected chi connectivity index (χ1v) is 8.98. The highest BCUT2D eigenvalue weighted by Crippen LogP contribution is 2.23. The Morgan fingerprint density at radius 1 is 1.30 bits per heavy atom. The lowest BCUT2D eigenvalue weighted by Gasteiger charge is -2.22. The Balaban J connectivity index is 2.10. The molecule has 2 rings (SSSR count). The zero-order chi connectivity index (χ0) is 17.0. The maximum absolute atomic E-state index is 12.6. The number of rotatable bonds is 4. The fourth-order valence-corrected chi connectivity index (χ4v) is 3.83. The number of nitrogens with one attached hydrogen (secondary N) is 2. The van der Waals surface area contributed by atoms with Crippen LogP contribution in [0.2, 0.25) is 0 Å². The zero-order valence-corrected chi connectivity index (χ0v) is 14.7. The van der Waals surface area contributed by atoms with Crippen LogP contribution < -0.4 is 10.6 Å². The molecule has 0 radical (unpaired) electrons. The lowest BCUT2D eigenvalue weighted by molar-refractivity contribution is -0.139. The van der Waals surface area contributed by atoms with Crippen LogP contribution >= 0.6 is 15.9 Å². The molecule has 10 heteroatoms. The van der Waals surface area contributed by atoms with Gasteiger partial charge in [-0.05, 0) is 24.3 Å². The fourth-order valence-electron chi connectivity index (χ4n) is 2.06. The molecular weight excluding hydrogens is 390 g/mol. The zero-order valence-electron chi connectivity index (χ0n) is 12.3. The van der Waals surface area contributed by atoms with Gasteiger partial charge in [-0.3, -0.25) is 9.59 Å². The van der Waals surface area contributed by atoms with Gasteiger partial charge in [0, 0.05) is 18.1 Å². The maximum Gasteiger partial charge on any atom is 0.309 e. The summed E-state index contributed by atoms with van der Waals surface area (Å²) in [5, 5.41) is 4.53. The van der Waals surface area contributed by atoms with E-state index in [4.69, 9.17) is 4.74 Å². The Labute approximate surface area is 142 Å². The predicted molar refractivity (Wildman–Crippen MR) is 84.9 cm³/mol. The van der Waals surface area contributed by atoms with E-state index in [9.17, 15) is 18.0 Å². The summed E-state index contributed by atoms with van der Waals surface area (Å²) in [5.74, 6) is -1.64. The van der Waals surface area contributed by atoms with Gasteiger partial charge >= 0.3 is 11.8 Å².